The summed E-state index contributed by atoms with van der Waals surface area (Å²) in [5.74, 6) is 1.32. The second-order valence-corrected chi connectivity index (χ2v) is 5.36. The molecule has 2 aromatic carbocycles. The van der Waals surface area contributed by atoms with E-state index in [2.05, 4.69) is 0 Å². The van der Waals surface area contributed by atoms with Crippen LogP contribution in [0.5, 0.6) is 23.0 Å². The van der Waals surface area contributed by atoms with Gasteiger partial charge in [-0.15, -0.1) is 11.8 Å². The number of hydrogen-bond donors (Lipinski definition) is 3. The van der Waals surface area contributed by atoms with Crippen LogP contribution in [0.15, 0.2) is 41.3 Å². The molecular weight excluding hydrogens is 264 g/mol. The van der Waals surface area contributed by atoms with Crippen molar-refractivity contribution >= 4 is 11.8 Å². The molecule has 1 heterocycles. The van der Waals surface area contributed by atoms with Gasteiger partial charge in [-0.3, -0.25) is 0 Å². The maximum absolute atomic E-state index is 9.52. The standard InChI is InChI=1S/C14H12O4S/c15-9-2-4-12-14(6-9)19-7-13(18-12)8-1-3-10(16)11(17)5-8/h1-6,13,15-17H,7H2. The van der Waals surface area contributed by atoms with E-state index in [4.69, 9.17) is 4.74 Å². The molecule has 2 aromatic rings. The third-order valence-corrected chi connectivity index (χ3v) is 4.06. The van der Waals surface area contributed by atoms with Crippen molar-refractivity contribution in [2.24, 2.45) is 0 Å². The van der Waals surface area contributed by atoms with E-state index in [9.17, 15) is 15.3 Å². The highest BCUT2D eigenvalue weighted by atomic mass is 32.2. The molecule has 0 bridgehead atoms. The van der Waals surface area contributed by atoms with Gasteiger partial charge in [-0.05, 0) is 35.9 Å². The summed E-state index contributed by atoms with van der Waals surface area (Å²) in [4.78, 5) is 0.902. The van der Waals surface area contributed by atoms with Gasteiger partial charge in [0.25, 0.3) is 0 Å². The Bertz CT molecular complexity index is 627. The summed E-state index contributed by atoms with van der Waals surface area (Å²) in [5.41, 5.74) is 0.807. The Morgan fingerprint density at radius 3 is 2.63 bits per heavy atom. The average molecular weight is 276 g/mol. The molecule has 98 valence electrons. The first-order chi connectivity index (χ1) is 9.13. The third-order valence-electron chi connectivity index (χ3n) is 2.96. The van der Waals surface area contributed by atoms with Crippen LogP contribution in [0, 0.1) is 0 Å². The van der Waals surface area contributed by atoms with E-state index in [0.29, 0.717) is 11.5 Å². The van der Waals surface area contributed by atoms with Gasteiger partial charge in [0.15, 0.2) is 11.5 Å². The minimum absolute atomic E-state index is 0.141. The Kier molecular flexibility index (Phi) is 2.91. The summed E-state index contributed by atoms with van der Waals surface area (Å²) in [6, 6.07) is 9.66. The SMILES string of the molecule is Oc1ccc2c(c1)SCC(c1ccc(O)c(O)c1)O2. The largest absolute Gasteiger partial charge is 0.508 e. The number of ether oxygens (including phenoxy) is 1. The molecule has 0 amide bonds. The molecule has 1 atom stereocenters. The minimum Gasteiger partial charge on any atom is -0.508 e. The second-order valence-electron chi connectivity index (χ2n) is 4.30. The summed E-state index contributed by atoms with van der Waals surface area (Å²) in [7, 11) is 0. The number of aromatic hydroxyl groups is 3. The highest BCUT2D eigenvalue weighted by molar-refractivity contribution is 7.99. The number of phenolic OH excluding ortho intramolecular Hbond substituents is 3. The van der Waals surface area contributed by atoms with E-state index in [1.165, 1.54) is 12.1 Å². The molecule has 1 aliphatic heterocycles. The van der Waals surface area contributed by atoms with Crippen LogP contribution < -0.4 is 4.74 Å². The predicted molar refractivity (Wildman–Crippen MR) is 72.0 cm³/mol. The molecule has 3 N–H and O–H groups in total. The second kappa shape index (κ2) is 4.59. The van der Waals surface area contributed by atoms with Crippen molar-refractivity contribution in [3.63, 3.8) is 0 Å². The molecule has 3 rings (SSSR count). The predicted octanol–water partition coefficient (Wildman–Crippen LogP) is 3.03. The Balaban J connectivity index is 1.89. The molecule has 0 fully saturated rings. The molecule has 4 nitrogen and oxygen atoms in total. The zero-order valence-corrected chi connectivity index (χ0v) is 10.7. The summed E-state index contributed by atoms with van der Waals surface area (Å²) in [6.45, 7) is 0. The molecule has 5 heteroatoms. The van der Waals surface area contributed by atoms with Crippen LogP contribution in [0.2, 0.25) is 0 Å². The van der Waals surface area contributed by atoms with E-state index in [-0.39, 0.29) is 23.4 Å². The first kappa shape index (κ1) is 12.0. The number of rotatable bonds is 1. The van der Waals surface area contributed by atoms with Crippen molar-refractivity contribution < 1.29 is 20.1 Å². The lowest BCUT2D eigenvalue weighted by molar-refractivity contribution is 0.219. The molecule has 0 saturated carbocycles. The van der Waals surface area contributed by atoms with Gasteiger partial charge in [-0.2, -0.15) is 0 Å². The number of fused-ring (bicyclic) bond motifs is 1. The Hall–Kier alpha value is -2.01. The van der Waals surface area contributed by atoms with Gasteiger partial charge in [-0.1, -0.05) is 6.07 Å². The minimum atomic E-state index is -0.187. The third kappa shape index (κ3) is 2.29. The molecule has 0 aliphatic carbocycles. The number of hydrogen-bond acceptors (Lipinski definition) is 5. The van der Waals surface area contributed by atoms with Crippen molar-refractivity contribution in [3.05, 3.63) is 42.0 Å². The molecule has 0 saturated heterocycles. The van der Waals surface area contributed by atoms with Gasteiger partial charge in [0, 0.05) is 5.75 Å². The molecule has 0 aromatic heterocycles. The van der Waals surface area contributed by atoms with E-state index < -0.39 is 0 Å². The van der Waals surface area contributed by atoms with Gasteiger partial charge in [0.2, 0.25) is 0 Å². The Labute approximate surface area is 114 Å². The lowest BCUT2D eigenvalue weighted by Gasteiger charge is -2.26. The van der Waals surface area contributed by atoms with Gasteiger partial charge in [0.1, 0.15) is 17.6 Å². The summed E-state index contributed by atoms with van der Waals surface area (Å²) < 4.78 is 5.84. The Morgan fingerprint density at radius 1 is 1.00 bits per heavy atom. The molecule has 0 radical (unpaired) electrons. The normalized spacial score (nSPS) is 17.6. The van der Waals surface area contributed by atoms with Crippen LogP contribution in [0.4, 0.5) is 0 Å². The molecule has 1 unspecified atom stereocenters. The van der Waals surface area contributed by atoms with Crippen molar-refractivity contribution in [3.8, 4) is 23.0 Å². The lowest BCUT2D eigenvalue weighted by Crippen LogP contribution is -2.14. The molecule has 1 aliphatic rings. The summed E-state index contributed by atoms with van der Waals surface area (Å²) in [6.07, 6.45) is -0.187. The van der Waals surface area contributed by atoms with Crippen molar-refractivity contribution in [2.45, 2.75) is 11.0 Å². The van der Waals surface area contributed by atoms with Crippen LogP contribution in [-0.2, 0) is 0 Å². The van der Waals surface area contributed by atoms with E-state index in [1.807, 2.05) is 0 Å². The number of benzene rings is 2. The lowest BCUT2D eigenvalue weighted by atomic mass is 10.1. The maximum Gasteiger partial charge on any atom is 0.157 e. The van der Waals surface area contributed by atoms with Crippen molar-refractivity contribution in [1.82, 2.24) is 0 Å². The van der Waals surface area contributed by atoms with Crippen molar-refractivity contribution in [2.75, 3.05) is 5.75 Å². The van der Waals surface area contributed by atoms with Crippen LogP contribution in [0.1, 0.15) is 11.7 Å². The molecule has 0 spiro atoms. The Morgan fingerprint density at radius 2 is 1.84 bits per heavy atom. The van der Waals surface area contributed by atoms with E-state index in [0.717, 1.165) is 10.5 Å². The highest BCUT2D eigenvalue weighted by Crippen LogP contribution is 2.42. The zero-order chi connectivity index (χ0) is 13.4. The summed E-state index contributed by atoms with van der Waals surface area (Å²) in [5, 5.41) is 28.2. The fourth-order valence-electron chi connectivity index (χ4n) is 1.96. The first-order valence-corrected chi connectivity index (χ1v) is 6.76. The number of phenols is 3. The topological polar surface area (TPSA) is 69.9 Å². The summed E-state index contributed by atoms with van der Waals surface area (Å²) >= 11 is 1.59. The molecular formula is C14H12O4S. The number of thioether (sulfide) groups is 1. The van der Waals surface area contributed by atoms with Gasteiger partial charge in [-0.25, -0.2) is 0 Å². The quantitative estimate of drug-likeness (QED) is 0.698. The van der Waals surface area contributed by atoms with Gasteiger partial charge < -0.3 is 20.1 Å². The first-order valence-electron chi connectivity index (χ1n) is 5.78. The zero-order valence-electron chi connectivity index (χ0n) is 9.91. The van der Waals surface area contributed by atoms with Crippen LogP contribution in [0.3, 0.4) is 0 Å². The maximum atomic E-state index is 9.52. The highest BCUT2D eigenvalue weighted by Gasteiger charge is 2.22. The van der Waals surface area contributed by atoms with Gasteiger partial charge >= 0.3 is 0 Å². The monoisotopic (exact) mass is 276 g/mol. The van der Waals surface area contributed by atoms with Crippen LogP contribution in [0.25, 0.3) is 0 Å². The fraction of sp³-hybridized carbons (Fsp3) is 0.143. The van der Waals surface area contributed by atoms with Crippen molar-refractivity contribution in [1.29, 1.82) is 0 Å². The van der Waals surface area contributed by atoms with E-state index in [1.54, 1.807) is 36.0 Å². The van der Waals surface area contributed by atoms with Gasteiger partial charge in [0.05, 0.1) is 4.90 Å². The van der Waals surface area contributed by atoms with Crippen LogP contribution >= 0.6 is 11.8 Å². The molecule has 19 heavy (non-hydrogen) atoms. The van der Waals surface area contributed by atoms with Crippen LogP contribution in [-0.4, -0.2) is 21.1 Å². The average Bonchev–Trinajstić information content (AvgIpc) is 2.41. The fourth-order valence-corrected chi connectivity index (χ4v) is 3.02. The smallest absolute Gasteiger partial charge is 0.157 e. The van der Waals surface area contributed by atoms with E-state index >= 15 is 0 Å².